The van der Waals surface area contributed by atoms with Crippen LogP contribution in [-0.2, 0) is 11.2 Å². The number of hydrogen-bond donors (Lipinski definition) is 1. The maximum absolute atomic E-state index is 12.6. The molecule has 1 amide bonds. The summed E-state index contributed by atoms with van der Waals surface area (Å²) in [5.74, 6) is 2.76. The molecule has 2 heterocycles. The number of aromatic nitrogens is 2. The van der Waals surface area contributed by atoms with Crippen LogP contribution in [0.5, 0.6) is 5.75 Å². The highest BCUT2D eigenvalue weighted by Gasteiger charge is 2.30. The summed E-state index contributed by atoms with van der Waals surface area (Å²) in [5.41, 5.74) is 3.51. The zero-order valence-electron chi connectivity index (χ0n) is 18.4. The van der Waals surface area contributed by atoms with Crippen LogP contribution in [0, 0.1) is 5.92 Å². The zero-order chi connectivity index (χ0) is 20.9. The monoisotopic (exact) mass is 409 g/mol. The van der Waals surface area contributed by atoms with Crippen LogP contribution in [0.2, 0.25) is 0 Å². The second kappa shape index (κ2) is 9.67. The molecule has 30 heavy (non-hydrogen) atoms. The van der Waals surface area contributed by atoms with Gasteiger partial charge in [-0.05, 0) is 54.9 Å². The molecule has 1 aromatic heterocycles. The maximum atomic E-state index is 12.6. The lowest BCUT2D eigenvalue weighted by Crippen LogP contribution is -2.29. The predicted octanol–water partition coefficient (Wildman–Crippen LogP) is 5.05. The van der Waals surface area contributed by atoms with Crippen LogP contribution in [0.15, 0.2) is 30.3 Å². The minimum absolute atomic E-state index is 0.344. The van der Waals surface area contributed by atoms with Gasteiger partial charge in [-0.3, -0.25) is 9.89 Å². The molecule has 1 aromatic carbocycles. The molecular formula is C25H35N3O2. The average Bonchev–Trinajstić information content (AvgIpc) is 3.50. The number of nitrogens with one attached hydrogen (secondary N) is 1. The van der Waals surface area contributed by atoms with Crippen LogP contribution in [0.25, 0.3) is 0 Å². The lowest BCUT2D eigenvalue weighted by molar-refractivity contribution is -0.131. The molecule has 0 spiro atoms. The zero-order valence-corrected chi connectivity index (χ0v) is 18.4. The predicted molar refractivity (Wildman–Crippen MR) is 119 cm³/mol. The number of carbonyl (C=O) groups excluding carboxylic acids is 1. The van der Waals surface area contributed by atoms with Gasteiger partial charge in [0.25, 0.3) is 0 Å². The minimum Gasteiger partial charge on any atom is -0.493 e. The number of hydrogen-bond acceptors (Lipinski definition) is 3. The molecule has 1 saturated heterocycles. The lowest BCUT2D eigenvalue weighted by Gasteiger charge is -2.18. The van der Waals surface area contributed by atoms with Crippen molar-refractivity contribution in [2.24, 2.45) is 5.92 Å². The van der Waals surface area contributed by atoms with Gasteiger partial charge in [-0.1, -0.05) is 38.8 Å². The molecule has 162 valence electrons. The number of aromatic amines is 1. The first kappa shape index (κ1) is 21.0. The fraction of sp³-hybridized carbons (Fsp3) is 0.600. The smallest absolute Gasteiger partial charge is 0.222 e. The van der Waals surface area contributed by atoms with Crippen molar-refractivity contribution in [3.8, 4) is 5.75 Å². The summed E-state index contributed by atoms with van der Waals surface area (Å²) in [4.78, 5) is 14.7. The molecule has 1 N–H and O–H groups in total. The Labute approximate surface area is 180 Å². The fourth-order valence-electron chi connectivity index (χ4n) is 4.76. The van der Waals surface area contributed by atoms with Crippen molar-refractivity contribution in [1.82, 2.24) is 15.1 Å². The molecule has 1 aliphatic carbocycles. The number of rotatable bonds is 8. The van der Waals surface area contributed by atoms with Crippen molar-refractivity contribution >= 4 is 5.91 Å². The van der Waals surface area contributed by atoms with Crippen LogP contribution < -0.4 is 4.74 Å². The summed E-state index contributed by atoms with van der Waals surface area (Å²) >= 11 is 0. The third-order valence-corrected chi connectivity index (χ3v) is 6.73. The van der Waals surface area contributed by atoms with E-state index in [1.165, 1.54) is 31.2 Å². The Kier molecular flexibility index (Phi) is 6.76. The molecule has 1 saturated carbocycles. The number of nitrogens with zero attached hydrogens (tertiary/aromatic N) is 2. The van der Waals surface area contributed by atoms with Crippen molar-refractivity contribution in [2.75, 3.05) is 19.7 Å². The van der Waals surface area contributed by atoms with Gasteiger partial charge in [-0.25, -0.2) is 0 Å². The maximum Gasteiger partial charge on any atom is 0.222 e. The summed E-state index contributed by atoms with van der Waals surface area (Å²) in [7, 11) is 0. The Morgan fingerprint density at radius 2 is 1.97 bits per heavy atom. The third kappa shape index (κ3) is 5.24. The summed E-state index contributed by atoms with van der Waals surface area (Å²) in [6.07, 6.45) is 7.61. The molecule has 1 atom stereocenters. The molecule has 1 aliphatic heterocycles. The summed E-state index contributed by atoms with van der Waals surface area (Å²) in [5, 5.41) is 7.70. The number of ether oxygens (including phenoxy) is 1. The van der Waals surface area contributed by atoms with Crippen molar-refractivity contribution in [1.29, 1.82) is 0 Å². The standard InChI is InChI=1S/C25H35N3O2/c1-18(2)20-7-9-23(10-8-20)30-14-12-22-16-24(27-26-22)21-11-13-28(17-21)25(29)15-19-5-3-4-6-19/h7-10,16,18-19,21H,3-6,11-15,17H2,1-2H3,(H,26,27)/t21-/m0/s1. The number of benzene rings is 1. The van der Waals surface area contributed by atoms with Crippen molar-refractivity contribution in [3.63, 3.8) is 0 Å². The van der Waals surface area contributed by atoms with Crippen molar-refractivity contribution < 1.29 is 9.53 Å². The van der Waals surface area contributed by atoms with E-state index >= 15 is 0 Å². The van der Waals surface area contributed by atoms with E-state index in [0.717, 1.165) is 49.5 Å². The Bertz CT molecular complexity index is 821. The molecule has 5 heteroatoms. The SMILES string of the molecule is CC(C)c1ccc(OCCc2cc([C@H]3CCN(C(=O)CC4CCCC4)C3)n[nH]2)cc1. The molecular weight excluding hydrogens is 374 g/mol. The van der Waals surface area contributed by atoms with E-state index < -0.39 is 0 Å². The van der Waals surface area contributed by atoms with Crippen molar-refractivity contribution in [2.45, 2.75) is 70.6 Å². The number of H-pyrrole nitrogens is 1. The largest absolute Gasteiger partial charge is 0.493 e. The Morgan fingerprint density at radius 3 is 2.70 bits per heavy atom. The minimum atomic E-state index is 0.344. The van der Waals surface area contributed by atoms with E-state index in [2.05, 4.69) is 47.1 Å². The summed E-state index contributed by atoms with van der Waals surface area (Å²) < 4.78 is 5.89. The average molecular weight is 410 g/mol. The second-order valence-corrected chi connectivity index (χ2v) is 9.32. The van der Waals surface area contributed by atoms with Gasteiger partial charge >= 0.3 is 0 Å². The van der Waals surface area contributed by atoms with Gasteiger partial charge in [0, 0.05) is 37.5 Å². The van der Waals surface area contributed by atoms with Crippen molar-refractivity contribution in [3.05, 3.63) is 47.3 Å². The molecule has 0 bridgehead atoms. The molecule has 4 rings (SSSR count). The van der Waals surface area contributed by atoms with Gasteiger partial charge in [0.15, 0.2) is 0 Å². The third-order valence-electron chi connectivity index (χ3n) is 6.73. The Hall–Kier alpha value is -2.30. The van der Waals surface area contributed by atoms with Crippen LogP contribution in [0.1, 0.15) is 81.2 Å². The summed E-state index contributed by atoms with van der Waals surface area (Å²) in [6, 6.07) is 10.5. The Balaban J connectivity index is 1.22. The van der Waals surface area contributed by atoms with E-state index in [-0.39, 0.29) is 0 Å². The van der Waals surface area contributed by atoms with E-state index in [9.17, 15) is 4.79 Å². The molecule has 0 unspecified atom stereocenters. The molecule has 2 aliphatic rings. The lowest BCUT2D eigenvalue weighted by atomic mass is 10.0. The molecule has 2 aromatic rings. The highest BCUT2D eigenvalue weighted by Crippen LogP contribution is 2.31. The fourth-order valence-corrected chi connectivity index (χ4v) is 4.76. The van der Waals surface area contributed by atoms with Crippen LogP contribution >= 0.6 is 0 Å². The number of carbonyl (C=O) groups is 1. The highest BCUT2D eigenvalue weighted by atomic mass is 16.5. The highest BCUT2D eigenvalue weighted by molar-refractivity contribution is 5.76. The van der Waals surface area contributed by atoms with E-state index in [1.807, 2.05) is 12.1 Å². The molecule has 0 radical (unpaired) electrons. The molecule has 5 nitrogen and oxygen atoms in total. The van der Waals surface area contributed by atoms with Gasteiger partial charge in [-0.15, -0.1) is 0 Å². The number of likely N-dealkylation sites (tertiary alicyclic amines) is 1. The molecule has 2 fully saturated rings. The van der Waals surface area contributed by atoms with Crippen LogP contribution in [-0.4, -0.2) is 40.7 Å². The van der Waals surface area contributed by atoms with E-state index in [1.54, 1.807) is 0 Å². The topological polar surface area (TPSA) is 58.2 Å². The Morgan fingerprint density at radius 1 is 1.20 bits per heavy atom. The quantitative estimate of drug-likeness (QED) is 0.664. The van der Waals surface area contributed by atoms with E-state index in [4.69, 9.17) is 4.74 Å². The van der Waals surface area contributed by atoms with Crippen LogP contribution in [0.4, 0.5) is 0 Å². The second-order valence-electron chi connectivity index (χ2n) is 9.32. The van der Waals surface area contributed by atoms with Gasteiger partial charge in [-0.2, -0.15) is 5.10 Å². The number of amides is 1. The first-order valence-corrected chi connectivity index (χ1v) is 11.6. The van der Waals surface area contributed by atoms with Gasteiger partial charge < -0.3 is 9.64 Å². The summed E-state index contributed by atoms with van der Waals surface area (Å²) in [6.45, 7) is 6.70. The van der Waals surface area contributed by atoms with E-state index in [0.29, 0.717) is 30.3 Å². The first-order chi connectivity index (χ1) is 14.6. The van der Waals surface area contributed by atoms with Gasteiger partial charge in [0.05, 0.1) is 12.3 Å². The van der Waals surface area contributed by atoms with Crippen LogP contribution in [0.3, 0.4) is 0 Å². The van der Waals surface area contributed by atoms with Gasteiger partial charge in [0.2, 0.25) is 5.91 Å². The first-order valence-electron chi connectivity index (χ1n) is 11.6. The van der Waals surface area contributed by atoms with Gasteiger partial charge in [0.1, 0.15) is 5.75 Å². The normalized spacial score (nSPS) is 19.7.